The molecule has 0 saturated heterocycles. The monoisotopic (exact) mass is 364 g/mol. The number of ketones is 2. The van der Waals surface area contributed by atoms with Gasteiger partial charge in [0.05, 0.1) is 0 Å². The minimum atomic E-state index is -1.08. The lowest BCUT2D eigenvalue weighted by Gasteiger charge is -2.16. The fourth-order valence-corrected chi connectivity index (χ4v) is 2.76. The van der Waals surface area contributed by atoms with Crippen molar-refractivity contribution in [2.24, 2.45) is 5.41 Å². The van der Waals surface area contributed by atoms with Crippen LogP contribution in [0, 0.1) is 5.41 Å². The van der Waals surface area contributed by atoms with Crippen LogP contribution < -0.4 is 10.6 Å². The Morgan fingerprint density at radius 3 is 1.26 bits per heavy atom. The van der Waals surface area contributed by atoms with E-state index in [1.807, 2.05) is 0 Å². The average molecular weight is 364 g/mol. The molecule has 6 heteroatoms. The molecule has 3 rings (SSSR count). The van der Waals surface area contributed by atoms with E-state index in [4.69, 9.17) is 0 Å². The van der Waals surface area contributed by atoms with Gasteiger partial charge in [-0.25, -0.2) is 0 Å². The van der Waals surface area contributed by atoms with E-state index in [9.17, 15) is 19.2 Å². The molecule has 0 spiro atoms. The number of benzene rings is 2. The van der Waals surface area contributed by atoms with Crippen LogP contribution in [0.25, 0.3) is 0 Å². The third-order valence-corrected chi connectivity index (χ3v) is 4.72. The van der Waals surface area contributed by atoms with Crippen molar-refractivity contribution >= 4 is 34.8 Å². The Hall–Kier alpha value is -3.28. The first kappa shape index (κ1) is 18.5. The lowest BCUT2D eigenvalue weighted by atomic mass is 10.0. The molecular weight excluding hydrogens is 344 g/mol. The van der Waals surface area contributed by atoms with Gasteiger partial charge in [0.1, 0.15) is 5.41 Å². The van der Waals surface area contributed by atoms with Crippen LogP contribution >= 0.6 is 0 Å². The van der Waals surface area contributed by atoms with Gasteiger partial charge in [-0.05, 0) is 75.2 Å². The Labute approximate surface area is 157 Å². The number of rotatable bonds is 6. The second-order valence-corrected chi connectivity index (χ2v) is 6.76. The summed E-state index contributed by atoms with van der Waals surface area (Å²) in [5.41, 5.74) is 1.10. The van der Waals surface area contributed by atoms with Gasteiger partial charge in [-0.2, -0.15) is 0 Å². The highest BCUT2D eigenvalue weighted by Crippen LogP contribution is 2.47. The van der Waals surface area contributed by atoms with Crippen molar-refractivity contribution in [2.45, 2.75) is 26.7 Å². The highest BCUT2D eigenvalue weighted by molar-refractivity contribution is 6.17. The predicted octanol–water partition coefficient (Wildman–Crippen LogP) is 3.45. The zero-order valence-electron chi connectivity index (χ0n) is 15.2. The van der Waals surface area contributed by atoms with Gasteiger partial charge in [-0.1, -0.05) is 0 Å². The highest BCUT2D eigenvalue weighted by atomic mass is 16.2. The molecule has 27 heavy (non-hydrogen) atoms. The van der Waals surface area contributed by atoms with Gasteiger partial charge in [-0.15, -0.1) is 0 Å². The molecule has 1 aliphatic carbocycles. The van der Waals surface area contributed by atoms with E-state index in [1.165, 1.54) is 13.8 Å². The maximum atomic E-state index is 12.6. The fourth-order valence-electron chi connectivity index (χ4n) is 2.76. The van der Waals surface area contributed by atoms with E-state index in [1.54, 1.807) is 48.5 Å². The van der Waals surface area contributed by atoms with Crippen molar-refractivity contribution in [3.8, 4) is 0 Å². The average Bonchev–Trinajstić information content (AvgIpc) is 3.44. The molecule has 0 radical (unpaired) electrons. The second kappa shape index (κ2) is 7.15. The van der Waals surface area contributed by atoms with Gasteiger partial charge in [0, 0.05) is 22.5 Å². The van der Waals surface area contributed by atoms with Crippen LogP contribution in [-0.4, -0.2) is 23.4 Å². The van der Waals surface area contributed by atoms with E-state index >= 15 is 0 Å². The smallest absolute Gasteiger partial charge is 0.240 e. The molecule has 0 aliphatic heterocycles. The second-order valence-electron chi connectivity index (χ2n) is 6.76. The predicted molar refractivity (Wildman–Crippen MR) is 102 cm³/mol. The van der Waals surface area contributed by atoms with Gasteiger partial charge < -0.3 is 10.6 Å². The summed E-state index contributed by atoms with van der Waals surface area (Å²) in [7, 11) is 0. The number of carbonyl (C=O) groups is 4. The molecule has 0 bridgehead atoms. The molecule has 2 amide bonds. The summed E-state index contributed by atoms with van der Waals surface area (Å²) in [4.78, 5) is 47.8. The SMILES string of the molecule is CC(=O)c1ccc(NC(=O)C2(C(=O)Nc3ccc(C(C)=O)cc3)CC2)cc1. The van der Waals surface area contributed by atoms with Crippen molar-refractivity contribution in [3.63, 3.8) is 0 Å². The number of nitrogens with one attached hydrogen (secondary N) is 2. The first-order chi connectivity index (χ1) is 12.8. The van der Waals surface area contributed by atoms with E-state index in [2.05, 4.69) is 10.6 Å². The molecule has 1 fully saturated rings. The summed E-state index contributed by atoms with van der Waals surface area (Å²) in [5.74, 6) is -0.838. The van der Waals surface area contributed by atoms with Gasteiger partial charge in [0.2, 0.25) is 11.8 Å². The van der Waals surface area contributed by atoms with Crippen LogP contribution in [0.2, 0.25) is 0 Å². The van der Waals surface area contributed by atoms with Crippen molar-refractivity contribution in [1.82, 2.24) is 0 Å². The Kier molecular flexibility index (Phi) is 4.90. The fraction of sp³-hybridized carbons (Fsp3) is 0.238. The normalized spacial score (nSPS) is 14.1. The van der Waals surface area contributed by atoms with E-state index in [0.29, 0.717) is 35.3 Å². The molecule has 0 unspecified atom stereocenters. The zero-order valence-corrected chi connectivity index (χ0v) is 15.2. The number of hydrogen-bond acceptors (Lipinski definition) is 4. The molecule has 6 nitrogen and oxygen atoms in total. The molecule has 2 aromatic carbocycles. The van der Waals surface area contributed by atoms with E-state index in [0.717, 1.165) is 0 Å². The largest absolute Gasteiger partial charge is 0.325 e. The summed E-state index contributed by atoms with van der Waals surface area (Å²) in [5, 5.41) is 5.49. The maximum absolute atomic E-state index is 12.6. The Bertz CT molecular complexity index is 837. The molecular formula is C21H20N2O4. The summed E-state index contributed by atoms with van der Waals surface area (Å²) in [6.07, 6.45) is 0.948. The van der Waals surface area contributed by atoms with E-state index < -0.39 is 5.41 Å². The van der Waals surface area contributed by atoms with Crippen molar-refractivity contribution in [1.29, 1.82) is 0 Å². The molecule has 1 saturated carbocycles. The number of anilines is 2. The van der Waals surface area contributed by atoms with Crippen LogP contribution in [-0.2, 0) is 9.59 Å². The molecule has 138 valence electrons. The lowest BCUT2D eigenvalue weighted by molar-refractivity contribution is -0.131. The number of hydrogen-bond donors (Lipinski definition) is 2. The van der Waals surface area contributed by atoms with Crippen LogP contribution in [0.4, 0.5) is 11.4 Å². The minimum Gasteiger partial charge on any atom is -0.325 e. The van der Waals surface area contributed by atoms with Gasteiger partial charge in [-0.3, -0.25) is 19.2 Å². The lowest BCUT2D eigenvalue weighted by Crippen LogP contribution is -2.35. The first-order valence-corrected chi connectivity index (χ1v) is 8.67. The highest BCUT2D eigenvalue weighted by Gasteiger charge is 2.56. The molecule has 0 heterocycles. The standard InChI is InChI=1S/C21H20N2O4/c1-13(24)15-3-7-17(8-4-15)22-19(26)21(11-12-21)20(27)23-18-9-5-16(6-10-18)14(2)25/h3-10H,11-12H2,1-2H3,(H,22,26)(H,23,27). The van der Waals surface area contributed by atoms with Crippen LogP contribution in [0.1, 0.15) is 47.4 Å². The number of Topliss-reactive ketones (excluding diaryl/α,β-unsaturated/α-hetero) is 2. The van der Waals surface area contributed by atoms with Crippen LogP contribution in [0.3, 0.4) is 0 Å². The Morgan fingerprint density at radius 2 is 1.00 bits per heavy atom. The quantitative estimate of drug-likeness (QED) is 0.606. The molecule has 2 N–H and O–H groups in total. The Balaban J connectivity index is 1.66. The first-order valence-electron chi connectivity index (χ1n) is 8.67. The topological polar surface area (TPSA) is 92.3 Å². The van der Waals surface area contributed by atoms with Crippen molar-refractivity contribution < 1.29 is 19.2 Å². The molecule has 1 aliphatic rings. The van der Waals surface area contributed by atoms with Gasteiger partial charge in [0.25, 0.3) is 0 Å². The zero-order chi connectivity index (χ0) is 19.6. The third-order valence-electron chi connectivity index (χ3n) is 4.72. The van der Waals surface area contributed by atoms with Gasteiger partial charge >= 0.3 is 0 Å². The summed E-state index contributed by atoms with van der Waals surface area (Å²) >= 11 is 0. The number of amides is 2. The molecule has 0 aromatic heterocycles. The minimum absolute atomic E-state index is 0.0540. The Morgan fingerprint density at radius 1 is 0.667 bits per heavy atom. The summed E-state index contributed by atoms with van der Waals surface area (Å²) in [6, 6.07) is 13.1. The molecule has 0 atom stereocenters. The van der Waals surface area contributed by atoms with Gasteiger partial charge in [0.15, 0.2) is 11.6 Å². The van der Waals surface area contributed by atoms with Crippen molar-refractivity contribution in [2.75, 3.05) is 10.6 Å². The number of carbonyl (C=O) groups excluding carboxylic acids is 4. The van der Waals surface area contributed by atoms with Crippen molar-refractivity contribution in [3.05, 3.63) is 59.7 Å². The van der Waals surface area contributed by atoms with Crippen LogP contribution in [0.5, 0.6) is 0 Å². The maximum Gasteiger partial charge on any atom is 0.240 e. The summed E-state index contributed by atoms with van der Waals surface area (Å²) < 4.78 is 0. The summed E-state index contributed by atoms with van der Waals surface area (Å²) in [6.45, 7) is 2.94. The molecule has 2 aromatic rings. The third kappa shape index (κ3) is 3.95. The van der Waals surface area contributed by atoms with Crippen LogP contribution in [0.15, 0.2) is 48.5 Å². The van der Waals surface area contributed by atoms with E-state index in [-0.39, 0.29) is 23.4 Å².